The van der Waals surface area contributed by atoms with Crippen molar-refractivity contribution in [1.82, 2.24) is 15.0 Å². The topological polar surface area (TPSA) is 38.7 Å². The highest BCUT2D eigenvalue weighted by atomic mass is 35.5. The number of nitrogens with zero attached hydrogens (tertiary/aromatic N) is 3. The van der Waals surface area contributed by atoms with Crippen LogP contribution >= 0.6 is 22.9 Å². The van der Waals surface area contributed by atoms with Gasteiger partial charge in [0.15, 0.2) is 5.82 Å². The molecule has 0 radical (unpaired) electrons. The molecule has 0 saturated carbocycles. The molecule has 3 nitrogen and oxygen atoms in total. The van der Waals surface area contributed by atoms with Crippen LogP contribution in [0.5, 0.6) is 0 Å². The summed E-state index contributed by atoms with van der Waals surface area (Å²) in [6.45, 7) is 6.07. The lowest BCUT2D eigenvalue weighted by Crippen LogP contribution is -1.95. The third-order valence-corrected chi connectivity index (χ3v) is 4.13. The highest BCUT2D eigenvalue weighted by Crippen LogP contribution is 2.30. The van der Waals surface area contributed by atoms with Gasteiger partial charge in [-0.1, -0.05) is 17.7 Å². The molecule has 19 heavy (non-hydrogen) atoms. The van der Waals surface area contributed by atoms with Crippen LogP contribution in [0.4, 0.5) is 0 Å². The minimum Gasteiger partial charge on any atom is -0.252 e. The Morgan fingerprint density at radius 2 is 1.89 bits per heavy atom. The van der Waals surface area contributed by atoms with Gasteiger partial charge in [-0.05, 0) is 38.0 Å². The Morgan fingerprint density at radius 1 is 1.11 bits per heavy atom. The molecule has 96 valence electrons. The summed E-state index contributed by atoms with van der Waals surface area (Å²) in [6.07, 6.45) is 1.82. The molecule has 0 aliphatic carbocycles. The summed E-state index contributed by atoms with van der Waals surface area (Å²) < 4.78 is 0. The van der Waals surface area contributed by atoms with E-state index in [1.165, 1.54) is 4.88 Å². The Hall–Kier alpha value is -1.52. The fourth-order valence-corrected chi connectivity index (χ4v) is 3.22. The van der Waals surface area contributed by atoms with Gasteiger partial charge in [-0.25, -0.2) is 9.97 Å². The molecule has 0 aliphatic heterocycles. The zero-order valence-corrected chi connectivity index (χ0v) is 12.4. The number of hydrogen-bond donors (Lipinski definition) is 0. The third kappa shape index (κ3) is 2.22. The van der Waals surface area contributed by atoms with Crippen molar-refractivity contribution in [2.75, 3.05) is 0 Å². The summed E-state index contributed by atoms with van der Waals surface area (Å²) in [5, 5.41) is 1.41. The molecule has 3 rings (SSSR count). The third-order valence-electron chi connectivity index (χ3n) is 2.90. The van der Waals surface area contributed by atoms with Crippen molar-refractivity contribution in [1.29, 1.82) is 0 Å². The predicted molar refractivity (Wildman–Crippen MR) is 79.9 cm³/mol. The summed E-state index contributed by atoms with van der Waals surface area (Å²) in [5.74, 6) is 0.594. The predicted octanol–water partition coefficient (Wildman–Crippen LogP) is 4.33. The molecular formula is C14H12ClN3S. The first kappa shape index (κ1) is 12.5. The minimum absolute atomic E-state index is 0.492. The summed E-state index contributed by atoms with van der Waals surface area (Å²) in [6, 6.07) is 4.09. The number of hydrogen-bond acceptors (Lipinski definition) is 4. The molecule has 0 saturated heterocycles. The summed E-state index contributed by atoms with van der Waals surface area (Å²) in [5.41, 5.74) is 2.98. The highest BCUT2D eigenvalue weighted by Gasteiger charge is 2.13. The van der Waals surface area contributed by atoms with E-state index in [2.05, 4.69) is 21.0 Å². The highest BCUT2D eigenvalue weighted by molar-refractivity contribution is 7.18. The van der Waals surface area contributed by atoms with Gasteiger partial charge in [-0.15, -0.1) is 11.3 Å². The van der Waals surface area contributed by atoms with Gasteiger partial charge in [0.2, 0.25) is 0 Å². The van der Waals surface area contributed by atoms with Crippen molar-refractivity contribution in [3.05, 3.63) is 39.5 Å². The van der Waals surface area contributed by atoms with Crippen molar-refractivity contribution in [2.45, 2.75) is 20.8 Å². The lowest BCUT2D eigenvalue weighted by molar-refractivity contribution is 1.14. The maximum atomic E-state index is 6.24. The Balaban J connectivity index is 2.25. The maximum Gasteiger partial charge on any atom is 0.181 e. The molecule has 0 atom stereocenters. The van der Waals surface area contributed by atoms with E-state index in [1.54, 1.807) is 11.3 Å². The van der Waals surface area contributed by atoms with E-state index in [4.69, 9.17) is 11.6 Å². The monoisotopic (exact) mass is 289 g/mol. The fourth-order valence-electron chi connectivity index (χ4n) is 2.06. The lowest BCUT2D eigenvalue weighted by atomic mass is 10.1. The van der Waals surface area contributed by atoms with E-state index in [0.29, 0.717) is 11.0 Å². The average Bonchev–Trinajstić information content (AvgIpc) is 2.70. The normalized spacial score (nSPS) is 11.2. The van der Waals surface area contributed by atoms with Gasteiger partial charge in [0.1, 0.15) is 15.7 Å². The maximum absolute atomic E-state index is 6.24. The molecular weight excluding hydrogens is 278 g/mol. The second kappa shape index (κ2) is 4.54. The Kier molecular flexibility index (Phi) is 2.99. The van der Waals surface area contributed by atoms with Gasteiger partial charge >= 0.3 is 0 Å². The average molecular weight is 290 g/mol. The Morgan fingerprint density at radius 3 is 2.63 bits per heavy atom. The number of aromatic nitrogens is 3. The van der Waals surface area contributed by atoms with Crippen LogP contribution < -0.4 is 0 Å². The quantitative estimate of drug-likeness (QED) is 0.626. The minimum atomic E-state index is 0.492. The number of halogens is 1. The van der Waals surface area contributed by atoms with Gasteiger partial charge in [0.25, 0.3) is 0 Å². The van der Waals surface area contributed by atoms with Crippen LogP contribution in [0.2, 0.25) is 5.15 Å². The molecule has 3 aromatic heterocycles. The molecule has 0 N–H and O–H groups in total. The van der Waals surface area contributed by atoms with E-state index in [-0.39, 0.29) is 0 Å². The van der Waals surface area contributed by atoms with Crippen LogP contribution in [0.1, 0.15) is 16.0 Å². The molecule has 5 heteroatoms. The lowest BCUT2D eigenvalue weighted by Gasteiger charge is -2.05. The zero-order valence-electron chi connectivity index (χ0n) is 10.9. The van der Waals surface area contributed by atoms with Crippen molar-refractivity contribution in [3.63, 3.8) is 0 Å². The first-order chi connectivity index (χ1) is 9.04. The van der Waals surface area contributed by atoms with Crippen LogP contribution in [-0.4, -0.2) is 15.0 Å². The first-order valence-electron chi connectivity index (χ1n) is 5.92. The van der Waals surface area contributed by atoms with Crippen molar-refractivity contribution >= 4 is 33.2 Å². The SMILES string of the molecule is Cc1cnc(-c2nc(Cl)c3cc(C)sc3n2)c(C)c1. The second-order valence-electron chi connectivity index (χ2n) is 4.59. The molecule has 0 spiro atoms. The standard InChI is InChI=1S/C14H12ClN3S/c1-7-4-8(2)11(16-6-7)13-17-12(15)10-5-9(3)19-14(10)18-13/h4-6H,1-3H3. The molecule has 3 aromatic rings. The summed E-state index contributed by atoms with van der Waals surface area (Å²) >= 11 is 7.86. The Bertz CT molecular complexity index is 780. The first-order valence-corrected chi connectivity index (χ1v) is 7.11. The fraction of sp³-hybridized carbons (Fsp3) is 0.214. The van der Waals surface area contributed by atoms with Gasteiger partial charge in [0.05, 0.1) is 0 Å². The molecule has 0 unspecified atom stereocenters. The van der Waals surface area contributed by atoms with E-state index >= 15 is 0 Å². The van der Waals surface area contributed by atoms with Crippen LogP contribution in [0.15, 0.2) is 18.3 Å². The smallest absolute Gasteiger partial charge is 0.181 e. The number of pyridine rings is 1. The molecule has 0 amide bonds. The number of rotatable bonds is 1. The van der Waals surface area contributed by atoms with Crippen LogP contribution in [0.25, 0.3) is 21.7 Å². The number of fused-ring (bicyclic) bond motifs is 1. The van der Waals surface area contributed by atoms with Crippen LogP contribution in [-0.2, 0) is 0 Å². The Labute approximate surface area is 120 Å². The van der Waals surface area contributed by atoms with E-state index < -0.39 is 0 Å². The summed E-state index contributed by atoms with van der Waals surface area (Å²) in [4.78, 5) is 15.5. The van der Waals surface area contributed by atoms with E-state index in [1.807, 2.05) is 33.0 Å². The van der Waals surface area contributed by atoms with E-state index in [0.717, 1.165) is 27.0 Å². The van der Waals surface area contributed by atoms with Gasteiger partial charge in [-0.3, -0.25) is 4.98 Å². The molecule has 0 aliphatic rings. The van der Waals surface area contributed by atoms with Crippen molar-refractivity contribution in [2.24, 2.45) is 0 Å². The van der Waals surface area contributed by atoms with Gasteiger partial charge < -0.3 is 0 Å². The molecule has 3 heterocycles. The summed E-state index contributed by atoms with van der Waals surface area (Å²) in [7, 11) is 0. The van der Waals surface area contributed by atoms with Crippen molar-refractivity contribution < 1.29 is 0 Å². The molecule has 0 bridgehead atoms. The van der Waals surface area contributed by atoms with Crippen LogP contribution in [0, 0.1) is 20.8 Å². The second-order valence-corrected chi connectivity index (χ2v) is 6.18. The van der Waals surface area contributed by atoms with E-state index in [9.17, 15) is 0 Å². The van der Waals surface area contributed by atoms with Crippen LogP contribution in [0.3, 0.4) is 0 Å². The van der Waals surface area contributed by atoms with Gasteiger partial charge in [0, 0.05) is 16.5 Å². The molecule has 0 fully saturated rings. The number of thiophene rings is 1. The van der Waals surface area contributed by atoms with Crippen molar-refractivity contribution in [3.8, 4) is 11.5 Å². The molecule has 0 aromatic carbocycles. The zero-order chi connectivity index (χ0) is 13.6. The number of aryl methyl sites for hydroxylation is 3. The largest absolute Gasteiger partial charge is 0.252 e. The van der Waals surface area contributed by atoms with Gasteiger partial charge in [-0.2, -0.15) is 0 Å².